The maximum atomic E-state index is 2.58. The largest absolute Gasteiger partial charge is 0.310 e. The number of para-hydroxylation sites is 1. The van der Waals surface area contributed by atoms with Crippen LogP contribution in [-0.4, -0.2) is 0 Å². The number of anilines is 3. The number of nitrogens with zero attached hydrogens (tertiary/aromatic N) is 1. The first-order valence-corrected chi connectivity index (χ1v) is 16.3. The third-order valence-electron chi connectivity index (χ3n) is 10.4. The highest BCUT2D eigenvalue weighted by Crippen LogP contribution is 2.65. The third kappa shape index (κ3) is 3.86. The van der Waals surface area contributed by atoms with Gasteiger partial charge in [-0.25, -0.2) is 0 Å². The molecular weight excluding hydrogens is 542 g/mol. The zero-order valence-corrected chi connectivity index (χ0v) is 27.5. The van der Waals surface area contributed by atoms with E-state index in [4.69, 9.17) is 0 Å². The van der Waals surface area contributed by atoms with Crippen LogP contribution in [0.2, 0.25) is 0 Å². The summed E-state index contributed by atoms with van der Waals surface area (Å²) in [5.74, 6) is 0. The Hall–Kier alpha value is -4.62. The second-order valence-electron chi connectivity index (χ2n) is 15.0. The molecule has 1 nitrogen and oxygen atoms in total. The smallest absolute Gasteiger partial charge is 0.0556 e. The molecule has 45 heavy (non-hydrogen) atoms. The van der Waals surface area contributed by atoms with Crippen LogP contribution in [0.15, 0.2) is 121 Å². The Morgan fingerprint density at radius 1 is 0.489 bits per heavy atom. The Bertz CT molecular complexity index is 2050. The van der Waals surface area contributed by atoms with Crippen molar-refractivity contribution in [1.82, 2.24) is 0 Å². The number of hydrogen-bond acceptors (Lipinski definition) is 1. The Balaban J connectivity index is 1.62. The zero-order valence-electron chi connectivity index (χ0n) is 27.5. The summed E-state index contributed by atoms with van der Waals surface area (Å²) in [7, 11) is 0. The van der Waals surface area contributed by atoms with E-state index in [1.807, 2.05) is 0 Å². The molecule has 0 unspecified atom stereocenters. The van der Waals surface area contributed by atoms with Gasteiger partial charge in [0.25, 0.3) is 0 Å². The van der Waals surface area contributed by atoms with E-state index in [1.165, 1.54) is 77.9 Å². The Labute approximate surface area is 268 Å². The van der Waals surface area contributed by atoms with Gasteiger partial charge >= 0.3 is 0 Å². The summed E-state index contributed by atoms with van der Waals surface area (Å²) in [6.45, 7) is 17.0. The lowest BCUT2D eigenvalue weighted by Crippen LogP contribution is -2.27. The van der Waals surface area contributed by atoms with Crippen molar-refractivity contribution in [3.05, 3.63) is 149 Å². The fourth-order valence-electron chi connectivity index (χ4n) is 8.53. The normalized spacial score (nSPS) is 15.4. The molecule has 0 aliphatic heterocycles. The number of rotatable bonds is 3. The molecule has 0 N–H and O–H groups in total. The summed E-state index contributed by atoms with van der Waals surface area (Å²) in [6.07, 6.45) is 0. The lowest BCUT2D eigenvalue weighted by Gasteiger charge is -2.39. The van der Waals surface area contributed by atoms with Crippen LogP contribution in [0.25, 0.3) is 33.0 Å². The maximum absolute atomic E-state index is 2.58. The fraction of sp³-hybridized carbons (Fsp3) is 0.227. The molecule has 6 aromatic carbocycles. The van der Waals surface area contributed by atoms with Crippen LogP contribution in [0.3, 0.4) is 0 Å². The second-order valence-corrected chi connectivity index (χ2v) is 15.0. The molecular formula is C44H41N. The third-order valence-corrected chi connectivity index (χ3v) is 10.4. The van der Waals surface area contributed by atoms with Crippen molar-refractivity contribution in [3.63, 3.8) is 0 Å². The molecule has 0 bridgehead atoms. The van der Waals surface area contributed by atoms with Gasteiger partial charge in [0.15, 0.2) is 0 Å². The number of fused-ring (bicyclic) bond motifs is 7. The molecule has 222 valence electrons. The van der Waals surface area contributed by atoms with Crippen molar-refractivity contribution in [1.29, 1.82) is 0 Å². The fourth-order valence-corrected chi connectivity index (χ4v) is 8.53. The topological polar surface area (TPSA) is 3.24 Å². The van der Waals surface area contributed by atoms with Crippen molar-refractivity contribution >= 4 is 27.8 Å². The molecule has 2 aliphatic rings. The molecule has 0 amide bonds. The molecule has 0 saturated carbocycles. The zero-order chi connectivity index (χ0) is 31.3. The van der Waals surface area contributed by atoms with Crippen molar-refractivity contribution < 1.29 is 0 Å². The maximum Gasteiger partial charge on any atom is 0.0556 e. The monoisotopic (exact) mass is 583 g/mol. The van der Waals surface area contributed by atoms with Gasteiger partial charge < -0.3 is 4.90 Å². The van der Waals surface area contributed by atoms with Crippen LogP contribution in [0, 0.1) is 0 Å². The van der Waals surface area contributed by atoms with Crippen LogP contribution in [0.5, 0.6) is 0 Å². The highest BCUT2D eigenvalue weighted by atomic mass is 15.2. The van der Waals surface area contributed by atoms with E-state index < -0.39 is 0 Å². The minimum Gasteiger partial charge on any atom is -0.310 e. The summed E-state index contributed by atoms with van der Waals surface area (Å²) in [4.78, 5) is 2.58. The average Bonchev–Trinajstić information content (AvgIpc) is 3.41. The summed E-state index contributed by atoms with van der Waals surface area (Å²) in [5, 5.41) is 2.51. The van der Waals surface area contributed by atoms with Gasteiger partial charge in [-0.1, -0.05) is 146 Å². The molecule has 2 aliphatic carbocycles. The van der Waals surface area contributed by atoms with E-state index in [2.05, 4.69) is 175 Å². The van der Waals surface area contributed by atoms with Gasteiger partial charge in [-0.2, -0.15) is 0 Å². The van der Waals surface area contributed by atoms with Crippen molar-refractivity contribution in [2.24, 2.45) is 0 Å². The summed E-state index contributed by atoms with van der Waals surface area (Å²) < 4.78 is 0. The van der Waals surface area contributed by atoms with Gasteiger partial charge in [0.05, 0.1) is 5.69 Å². The summed E-state index contributed by atoms with van der Waals surface area (Å²) >= 11 is 0. The molecule has 0 heterocycles. The summed E-state index contributed by atoms with van der Waals surface area (Å²) in [6, 6.07) is 45.0. The van der Waals surface area contributed by atoms with Crippen LogP contribution in [0.4, 0.5) is 17.1 Å². The molecule has 0 spiro atoms. The molecule has 0 atom stereocenters. The molecule has 0 aromatic heterocycles. The van der Waals surface area contributed by atoms with Gasteiger partial charge in [-0.05, 0) is 90.5 Å². The molecule has 8 rings (SSSR count). The highest BCUT2D eigenvalue weighted by molar-refractivity contribution is 6.03. The predicted molar refractivity (Wildman–Crippen MR) is 192 cm³/mol. The Kier molecular flexibility index (Phi) is 5.85. The van der Waals surface area contributed by atoms with Crippen LogP contribution >= 0.6 is 0 Å². The van der Waals surface area contributed by atoms with Gasteiger partial charge in [0.2, 0.25) is 0 Å². The Morgan fingerprint density at radius 2 is 0.978 bits per heavy atom. The van der Waals surface area contributed by atoms with Crippen LogP contribution < -0.4 is 4.90 Å². The first-order valence-electron chi connectivity index (χ1n) is 16.3. The van der Waals surface area contributed by atoms with E-state index >= 15 is 0 Å². The Morgan fingerprint density at radius 3 is 1.53 bits per heavy atom. The molecule has 1 heteroatoms. The molecule has 6 aromatic rings. The minimum atomic E-state index is -0.203. The van der Waals surface area contributed by atoms with Crippen molar-refractivity contribution in [2.75, 3.05) is 4.90 Å². The van der Waals surface area contributed by atoms with Gasteiger partial charge in [-0.3, -0.25) is 0 Å². The predicted octanol–water partition coefficient (Wildman–Crippen LogP) is 12.2. The quantitative estimate of drug-likeness (QED) is 0.200. The molecule has 0 saturated heterocycles. The van der Waals surface area contributed by atoms with E-state index in [0.717, 1.165) is 0 Å². The number of benzene rings is 6. The van der Waals surface area contributed by atoms with E-state index in [0.29, 0.717) is 0 Å². The van der Waals surface area contributed by atoms with E-state index in [1.54, 1.807) is 0 Å². The van der Waals surface area contributed by atoms with Crippen molar-refractivity contribution in [2.45, 2.75) is 64.7 Å². The number of hydrogen-bond donors (Lipinski definition) is 0. The molecule has 0 radical (unpaired) electrons. The highest BCUT2D eigenvalue weighted by Gasteiger charge is 2.50. The van der Waals surface area contributed by atoms with Gasteiger partial charge in [0, 0.05) is 22.2 Å². The first-order chi connectivity index (χ1) is 21.5. The van der Waals surface area contributed by atoms with E-state index in [-0.39, 0.29) is 16.2 Å². The van der Waals surface area contributed by atoms with Crippen LogP contribution in [0.1, 0.15) is 76.3 Å². The minimum absolute atomic E-state index is 0.0751. The second kappa shape index (κ2) is 9.44. The first kappa shape index (κ1) is 27.9. The van der Waals surface area contributed by atoms with Crippen molar-refractivity contribution in [3.8, 4) is 22.3 Å². The van der Waals surface area contributed by atoms with Crippen LogP contribution in [-0.2, 0) is 16.2 Å². The average molecular weight is 584 g/mol. The van der Waals surface area contributed by atoms with E-state index in [9.17, 15) is 0 Å². The lowest BCUT2D eigenvalue weighted by atomic mass is 9.71. The SMILES string of the molecule is CC(C)(C)c1c2c(c(N(c3ccccc3)c3ccc4ccccc4c3)c3c1-c1ccccc1C3(C)C)C(C)(C)c1ccccc1-2. The lowest BCUT2D eigenvalue weighted by molar-refractivity contribution is 0.587. The molecule has 0 fully saturated rings. The summed E-state index contributed by atoms with van der Waals surface area (Å²) in [5.41, 5.74) is 16.0. The standard InChI is InChI=1S/C44H41N/c1-42(2,3)38-36-32-21-13-15-23-34(32)43(4,5)39(36)41(40-37(38)33-22-14-16-24-35(33)44(40,6)7)45(30-19-9-8-10-20-30)31-26-25-28-17-11-12-18-29(28)27-31/h8-27H,1-7H3. The van der Waals surface area contributed by atoms with Gasteiger partial charge in [0.1, 0.15) is 0 Å². The van der Waals surface area contributed by atoms with Gasteiger partial charge in [-0.15, -0.1) is 0 Å².